The number of likely N-dealkylation sites (tertiary alicyclic amines) is 2. The lowest BCUT2D eigenvalue weighted by atomic mass is 9.94. The first-order valence-electron chi connectivity index (χ1n) is 15.1. The smallest absolute Gasteiger partial charge is 0.243 e. The van der Waals surface area contributed by atoms with Crippen molar-refractivity contribution in [3.8, 4) is 0 Å². The molecule has 2 amide bonds. The Kier molecular flexibility index (Phi) is 10.4. The maximum absolute atomic E-state index is 13.7. The van der Waals surface area contributed by atoms with E-state index in [4.69, 9.17) is 0 Å². The molecule has 2 aromatic carbocycles. The fourth-order valence-electron chi connectivity index (χ4n) is 6.37. The maximum Gasteiger partial charge on any atom is 0.243 e. The molecule has 2 unspecified atom stereocenters. The van der Waals surface area contributed by atoms with Crippen LogP contribution in [0.5, 0.6) is 0 Å². The Morgan fingerprint density at radius 3 is 2.50 bits per heavy atom. The molecule has 0 saturated carbocycles. The van der Waals surface area contributed by atoms with Crippen LogP contribution in [0, 0.1) is 0 Å². The molecule has 7 heteroatoms. The molecule has 2 aromatic rings. The number of hydrogen-bond donors (Lipinski definition) is 3. The molecule has 0 aliphatic carbocycles. The van der Waals surface area contributed by atoms with Gasteiger partial charge in [-0.25, -0.2) is 0 Å². The molecule has 218 valence electrons. The van der Waals surface area contributed by atoms with Crippen LogP contribution in [-0.4, -0.2) is 76.6 Å². The third kappa shape index (κ3) is 6.93. The molecule has 7 nitrogen and oxygen atoms in total. The van der Waals surface area contributed by atoms with Gasteiger partial charge in [-0.2, -0.15) is 0 Å². The van der Waals surface area contributed by atoms with Crippen LogP contribution in [0.3, 0.4) is 0 Å². The van der Waals surface area contributed by atoms with E-state index in [1.807, 2.05) is 37.3 Å². The summed E-state index contributed by atoms with van der Waals surface area (Å²) >= 11 is 0. The van der Waals surface area contributed by atoms with E-state index in [0.717, 1.165) is 44.3 Å². The zero-order chi connectivity index (χ0) is 28.7. The van der Waals surface area contributed by atoms with Crippen molar-refractivity contribution in [3.63, 3.8) is 0 Å². The molecule has 2 saturated heterocycles. The van der Waals surface area contributed by atoms with Gasteiger partial charge in [-0.3, -0.25) is 14.5 Å². The number of rotatable bonds is 13. The highest BCUT2D eigenvalue weighted by atomic mass is 16.3. The van der Waals surface area contributed by atoms with E-state index in [1.165, 1.54) is 11.1 Å². The molecule has 40 heavy (non-hydrogen) atoms. The van der Waals surface area contributed by atoms with Gasteiger partial charge in [0.05, 0.1) is 12.1 Å². The normalized spacial score (nSPS) is 21.8. The summed E-state index contributed by atoms with van der Waals surface area (Å²) in [7, 11) is 0. The van der Waals surface area contributed by atoms with Crippen molar-refractivity contribution in [2.75, 3.05) is 26.2 Å². The van der Waals surface area contributed by atoms with Crippen molar-refractivity contribution in [1.29, 1.82) is 0 Å². The molecule has 4 rings (SSSR count). The van der Waals surface area contributed by atoms with Crippen LogP contribution in [0.15, 0.2) is 54.6 Å². The number of nitrogens with one attached hydrogen (secondary N) is 2. The number of aliphatic hydroxyl groups is 1. The zero-order valence-electron chi connectivity index (χ0n) is 24.7. The summed E-state index contributed by atoms with van der Waals surface area (Å²) in [6.45, 7) is 11.8. The molecule has 0 radical (unpaired) electrons. The minimum Gasteiger partial charge on any atom is -0.390 e. The zero-order valence-corrected chi connectivity index (χ0v) is 24.7. The number of aliphatic hydroxyl groups excluding tert-OH is 1. The number of carbonyl (C=O) groups is 2. The number of nitrogens with zero attached hydrogens (tertiary/aromatic N) is 2. The number of carbonyl (C=O) groups excluding carboxylic acids is 2. The fraction of sp³-hybridized carbons (Fsp3) is 0.576. The molecule has 2 fully saturated rings. The second-order valence-electron chi connectivity index (χ2n) is 11.9. The Labute approximate surface area is 240 Å². The summed E-state index contributed by atoms with van der Waals surface area (Å²) in [6, 6.07) is 17.3. The standard InChI is InChI=1S/C33H48N4O3/c1-5-17-36-18-10-15-33(36)16-19-37(32(33)40)25(4)31(39)35-29(21-26-11-7-6-8-12-26)30(38)23-34-22-27-13-9-14-28(20-27)24(2)3/h6-9,11-14,20,24-25,29-30,34,38H,5,10,15-19,21-23H2,1-4H3,(H,35,39)/t25?,29-,30+,33?/m0/s1. The van der Waals surface area contributed by atoms with Crippen LogP contribution in [0.2, 0.25) is 0 Å². The second-order valence-corrected chi connectivity index (χ2v) is 11.9. The van der Waals surface area contributed by atoms with Gasteiger partial charge < -0.3 is 20.6 Å². The largest absolute Gasteiger partial charge is 0.390 e. The lowest BCUT2D eigenvalue weighted by molar-refractivity contribution is -0.143. The highest BCUT2D eigenvalue weighted by molar-refractivity contribution is 5.94. The Morgan fingerprint density at radius 1 is 1.02 bits per heavy atom. The lowest BCUT2D eigenvalue weighted by Gasteiger charge is -2.34. The predicted molar refractivity (Wildman–Crippen MR) is 160 cm³/mol. The SMILES string of the molecule is CCCN1CCCC12CCN(C(C)C(=O)N[C@@H](Cc1ccccc1)[C@H](O)CNCc1cccc(C(C)C)c1)C2=O. The summed E-state index contributed by atoms with van der Waals surface area (Å²) in [5.74, 6) is 0.334. The molecule has 2 heterocycles. The second kappa shape index (κ2) is 13.7. The molecular weight excluding hydrogens is 500 g/mol. The highest BCUT2D eigenvalue weighted by Gasteiger charge is 2.54. The summed E-state index contributed by atoms with van der Waals surface area (Å²) in [6.07, 6.45) is 3.41. The van der Waals surface area contributed by atoms with Gasteiger partial charge in [0, 0.05) is 19.6 Å². The Hall–Kier alpha value is -2.74. The van der Waals surface area contributed by atoms with Crippen LogP contribution in [-0.2, 0) is 22.6 Å². The van der Waals surface area contributed by atoms with E-state index in [-0.39, 0.29) is 11.8 Å². The Bertz CT molecular complexity index is 1120. The van der Waals surface area contributed by atoms with E-state index in [0.29, 0.717) is 32.0 Å². The molecule has 2 aliphatic heterocycles. The van der Waals surface area contributed by atoms with Gasteiger partial charge >= 0.3 is 0 Å². The Balaban J connectivity index is 1.40. The first-order valence-corrected chi connectivity index (χ1v) is 15.1. The predicted octanol–water partition coefficient (Wildman–Crippen LogP) is 3.85. The van der Waals surface area contributed by atoms with Crippen LogP contribution >= 0.6 is 0 Å². The lowest BCUT2D eigenvalue weighted by Crippen LogP contribution is -2.56. The molecule has 1 spiro atoms. The number of benzene rings is 2. The Morgan fingerprint density at radius 2 is 1.77 bits per heavy atom. The maximum atomic E-state index is 13.7. The summed E-state index contributed by atoms with van der Waals surface area (Å²) in [5, 5.41) is 17.7. The molecule has 4 atom stereocenters. The van der Waals surface area contributed by atoms with E-state index < -0.39 is 23.7 Å². The average Bonchev–Trinajstić information content (AvgIpc) is 3.51. The van der Waals surface area contributed by atoms with Crippen molar-refractivity contribution >= 4 is 11.8 Å². The van der Waals surface area contributed by atoms with Gasteiger partial charge in [0.25, 0.3) is 0 Å². The fourth-order valence-corrected chi connectivity index (χ4v) is 6.37. The van der Waals surface area contributed by atoms with Crippen LogP contribution in [0.4, 0.5) is 0 Å². The molecule has 0 aromatic heterocycles. The van der Waals surface area contributed by atoms with Crippen molar-refractivity contribution in [1.82, 2.24) is 20.4 Å². The minimum atomic E-state index is -0.792. The molecular formula is C33H48N4O3. The van der Waals surface area contributed by atoms with Crippen LogP contribution in [0.25, 0.3) is 0 Å². The number of hydrogen-bond acceptors (Lipinski definition) is 5. The summed E-state index contributed by atoms with van der Waals surface area (Å²) in [4.78, 5) is 31.3. The first kappa shape index (κ1) is 30.2. The quantitative estimate of drug-likeness (QED) is 0.354. The third-order valence-corrected chi connectivity index (χ3v) is 8.78. The van der Waals surface area contributed by atoms with Crippen molar-refractivity contribution in [2.45, 2.75) is 96.0 Å². The van der Waals surface area contributed by atoms with Gasteiger partial charge in [-0.15, -0.1) is 0 Å². The van der Waals surface area contributed by atoms with Gasteiger partial charge in [0.2, 0.25) is 11.8 Å². The van der Waals surface area contributed by atoms with Crippen LogP contribution < -0.4 is 10.6 Å². The summed E-state index contributed by atoms with van der Waals surface area (Å²) in [5.41, 5.74) is 3.06. The number of amides is 2. The van der Waals surface area contributed by atoms with E-state index >= 15 is 0 Å². The topological polar surface area (TPSA) is 84.9 Å². The monoisotopic (exact) mass is 548 g/mol. The van der Waals surface area contributed by atoms with Crippen molar-refractivity contribution < 1.29 is 14.7 Å². The van der Waals surface area contributed by atoms with E-state index in [2.05, 4.69) is 60.6 Å². The first-order chi connectivity index (χ1) is 19.2. The van der Waals surface area contributed by atoms with Gasteiger partial charge in [-0.05, 0) is 74.7 Å². The third-order valence-electron chi connectivity index (χ3n) is 8.78. The summed E-state index contributed by atoms with van der Waals surface area (Å²) < 4.78 is 0. The molecule has 2 aliphatic rings. The van der Waals surface area contributed by atoms with Gasteiger partial charge in [0.1, 0.15) is 11.6 Å². The van der Waals surface area contributed by atoms with Gasteiger partial charge in [-0.1, -0.05) is 75.4 Å². The minimum absolute atomic E-state index is 0.0894. The van der Waals surface area contributed by atoms with E-state index in [1.54, 1.807) is 4.90 Å². The average molecular weight is 549 g/mol. The van der Waals surface area contributed by atoms with Gasteiger partial charge in [0.15, 0.2) is 0 Å². The van der Waals surface area contributed by atoms with E-state index in [9.17, 15) is 14.7 Å². The van der Waals surface area contributed by atoms with Crippen LogP contribution in [0.1, 0.15) is 76.0 Å². The van der Waals surface area contributed by atoms with Crippen molar-refractivity contribution in [3.05, 3.63) is 71.3 Å². The molecule has 0 bridgehead atoms. The van der Waals surface area contributed by atoms with Crippen molar-refractivity contribution in [2.24, 2.45) is 0 Å². The highest BCUT2D eigenvalue weighted by Crippen LogP contribution is 2.39. The molecule has 3 N–H and O–H groups in total.